The Bertz CT molecular complexity index is 1300. The molecule has 7 atom stereocenters. The lowest BCUT2D eigenvalue weighted by atomic mass is 9.45. The van der Waals surface area contributed by atoms with Gasteiger partial charge < -0.3 is 14.9 Å². The number of fused-ring (bicyclic) bond motifs is 5. The molecular weight excluding hydrogens is 520 g/mol. The molecule has 2 N–H and O–H groups in total. The molecule has 5 rings (SSSR count). The fourth-order valence-corrected chi connectivity index (χ4v) is 9.94. The molecule has 9 heteroatoms. The molecule has 3 unspecified atom stereocenters. The van der Waals surface area contributed by atoms with Crippen molar-refractivity contribution in [3.8, 4) is 0 Å². The van der Waals surface area contributed by atoms with Gasteiger partial charge in [0.25, 0.3) is 0 Å². The van der Waals surface area contributed by atoms with Crippen LogP contribution in [0.2, 0.25) is 0 Å². The Labute approximate surface area is 229 Å². The average Bonchev–Trinajstić information content (AvgIpc) is 3.19. The van der Waals surface area contributed by atoms with Crippen molar-refractivity contribution in [1.29, 1.82) is 0 Å². The number of sulfone groups is 1. The van der Waals surface area contributed by atoms with Gasteiger partial charge in [-0.3, -0.25) is 14.4 Å². The van der Waals surface area contributed by atoms with Crippen LogP contribution >= 0.6 is 0 Å². The van der Waals surface area contributed by atoms with Crippen molar-refractivity contribution in [2.24, 2.45) is 28.6 Å². The van der Waals surface area contributed by atoms with Gasteiger partial charge in [0.15, 0.2) is 21.2 Å². The van der Waals surface area contributed by atoms with Crippen LogP contribution in [0.25, 0.3) is 0 Å². The molecule has 212 valence electrons. The number of allylic oxidation sites excluding steroid dienone is 1. The van der Waals surface area contributed by atoms with Gasteiger partial charge in [-0.15, -0.1) is 0 Å². The number of carbonyl (C=O) groups is 3. The lowest BCUT2D eigenvalue weighted by Crippen LogP contribution is -2.63. The lowest BCUT2D eigenvalue weighted by molar-refractivity contribution is -0.202. The van der Waals surface area contributed by atoms with Crippen molar-refractivity contribution < 1.29 is 37.8 Å². The number of ketones is 2. The van der Waals surface area contributed by atoms with Crippen molar-refractivity contribution in [1.82, 2.24) is 0 Å². The standard InChI is InChI=1S/C30H38O8S/c1-28-13-10-20(32)16-19(28)8-9-22-23-11-14-30(25(34)18-31,29(23,2)17-24(33)27(22)28)38-26(35)12-15-39(36,37)21-6-4-3-5-7-21/h3-7,16,22-24,27,31,33H,8-15,17-18H2,1-2H3/t22?,23?,24-,27?,28-,29-,30-/m0/s1. The minimum Gasteiger partial charge on any atom is -0.450 e. The quantitative estimate of drug-likeness (QED) is 0.487. The number of ether oxygens (including phenoxy) is 1. The van der Waals surface area contributed by atoms with Crippen LogP contribution in [-0.2, 0) is 29.0 Å². The molecule has 1 aromatic carbocycles. The first-order chi connectivity index (χ1) is 18.4. The van der Waals surface area contributed by atoms with E-state index in [1.165, 1.54) is 12.1 Å². The summed E-state index contributed by atoms with van der Waals surface area (Å²) in [7, 11) is -3.72. The number of aliphatic hydroxyl groups excluding tert-OH is 2. The summed E-state index contributed by atoms with van der Waals surface area (Å²) in [5, 5.41) is 21.6. The van der Waals surface area contributed by atoms with Crippen LogP contribution in [0.15, 0.2) is 46.9 Å². The fourth-order valence-electron chi connectivity index (χ4n) is 8.69. The maximum atomic E-state index is 13.4. The third-order valence-corrected chi connectivity index (χ3v) is 12.3. The highest BCUT2D eigenvalue weighted by atomic mass is 32.2. The molecule has 0 aliphatic heterocycles. The number of hydrogen-bond donors (Lipinski definition) is 2. The fraction of sp³-hybridized carbons (Fsp3) is 0.633. The van der Waals surface area contributed by atoms with E-state index in [1.54, 1.807) is 24.3 Å². The Morgan fingerprint density at radius 1 is 1.08 bits per heavy atom. The summed E-state index contributed by atoms with van der Waals surface area (Å²) >= 11 is 0. The van der Waals surface area contributed by atoms with Gasteiger partial charge >= 0.3 is 5.97 Å². The molecule has 4 aliphatic rings. The number of benzene rings is 1. The summed E-state index contributed by atoms with van der Waals surface area (Å²) in [5.74, 6) is -1.78. The summed E-state index contributed by atoms with van der Waals surface area (Å²) in [4.78, 5) is 38.8. The SMILES string of the molecule is C[C@]12CCC(=O)C=C1CCC1C2[C@@H](O)C[C@@]2(C)C1CC[C@]2(OC(=O)CCS(=O)(=O)c1ccccc1)C(=O)CO. The highest BCUT2D eigenvalue weighted by Crippen LogP contribution is 2.68. The highest BCUT2D eigenvalue weighted by Gasteiger charge is 2.70. The van der Waals surface area contributed by atoms with Gasteiger partial charge in [-0.2, -0.15) is 0 Å². The Morgan fingerprint density at radius 3 is 2.49 bits per heavy atom. The van der Waals surface area contributed by atoms with E-state index >= 15 is 0 Å². The second-order valence-corrected chi connectivity index (χ2v) is 14.5. The Balaban J connectivity index is 1.41. The zero-order valence-corrected chi connectivity index (χ0v) is 23.4. The van der Waals surface area contributed by atoms with Gasteiger partial charge in [0.1, 0.15) is 6.61 Å². The lowest BCUT2D eigenvalue weighted by Gasteiger charge is -2.60. The Kier molecular flexibility index (Phi) is 7.17. The Morgan fingerprint density at radius 2 is 1.79 bits per heavy atom. The predicted molar refractivity (Wildman–Crippen MR) is 142 cm³/mol. The average molecular weight is 559 g/mol. The second kappa shape index (κ2) is 9.93. The summed E-state index contributed by atoms with van der Waals surface area (Å²) in [5.41, 5.74) is -1.74. The monoisotopic (exact) mass is 558 g/mol. The van der Waals surface area contributed by atoms with E-state index in [4.69, 9.17) is 4.74 Å². The predicted octanol–water partition coefficient (Wildman–Crippen LogP) is 3.20. The van der Waals surface area contributed by atoms with E-state index in [9.17, 15) is 33.0 Å². The molecule has 8 nitrogen and oxygen atoms in total. The molecule has 39 heavy (non-hydrogen) atoms. The zero-order valence-electron chi connectivity index (χ0n) is 22.6. The minimum atomic E-state index is -3.72. The molecule has 0 bridgehead atoms. The smallest absolute Gasteiger partial charge is 0.307 e. The van der Waals surface area contributed by atoms with Gasteiger partial charge in [0, 0.05) is 11.8 Å². The van der Waals surface area contributed by atoms with Crippen LogP contribution in [0.4, 0.5) is 0 Å². The first-order valence-electron chi connectivity index (χ1n) is 13.9. The molecule has 0 spiro atoms. The van der Waals surface area contributed by atoms with Crippen LogP contribution in [0.1, 0.15) is 65.2 Å². The first kappa shape index (κ1) is 28.2. The minimum absolute atomic E-state index is 0.0294. The number of Topliss-reactive ketones (excluding diaryl/α,β-unsaturated/α-hetero) is 1. The summed E-state index contributed by atoms with van der Waals surface area (Å²) in [6.45, 7) is 3.21. The van der Waals surface area contributed by atoms with Crippen molar-refractivity contribution in [3.05, 3.63) is 42.0 Å². The first-order valence-corrected chi connectivity index (χ1v) is 15.6. The molecule has 3 fully saturated rings. The van der Waals surface area contributed by atoms with E-state index in [2.05, 4.69) is 6.92 Å². The van der Waals surface area contributed by atoms with E-state index in [0.717, 1.165) is 18.4 Å². The second-order valence-electron chi connectivity index (χ2n) is 12.4. The largest absolute Gasteiger partial charge is 0.450 e. The number of hydrogen-bond acceptors (Lipinski definition) is 8. The molecule has 3 saturated carbocycles. The molecule has 0 aromatic heterocycles. The third-order valence-electron chi connectivity index (χ3n) is 10.6. The molecule has 0 radical (unpaired) electrons. The normalized spacial score (nSPS) is 37.7. The van der Waals surface area contributed by atoms with Gasteiger partial charge in [0.2, 0.25) is 5.78 Å². The summed E-state index contributed by atoms with van der Waals surface area (Å²) in [6, 6.07) is 7.85. The van der Waals surface area contributed by atoms with E-state index in [0.29, 0.717) is 19.3 Å². The molecule has 1 aromatic rings. The van der Waals surface area contributed by atoms with Gasteiger partial charge in [-0.1, -0.05) is 37.6 Å². The molecule has 0 amide bonds. The summed E-state index contributed by atoms with van der Waals surface area (Å²) in [6.07, 6.45) is 4.26. The van der Waals surface area contributed by atoms with Crippen molar-refractivity contribution >= 4 is 27.4 Å². The van der Waals surface area contributed by atoms with Crippen molar-refractivity contribution in [2.75, 3.05) is 12.4 Å². The Hall–Kier alpha value is -2.36. The zero-order chi connectivity index (χ0) is 28.2. The van der Waals surface area contributed by atoms with E-state index in [1.807, 2.05) is 6.92 Å². The van der Waals surface area contributed by atoms with Gasteiger partial charge in [0.05, 0.1) is 23.2 Å². The number of esters is 1. The van der Waals surface area contributed by atoms with Crippen LogP contribution in [0.3, 0.4) is 0 Å². The van der Waals surface area contributed by atoms with E-state index < -0.39 is 57.5 Å². The maximum absolute atomic E-state index is 13.4. The number of carbonyl (C=O) groups excluding carboxylic acids is 3. The van der Waals surface area contributed by atoms with Gasteiger partial charge in [-0.25, -0.2) is 8.42 Å². The van der Waals surface area contributed by atoms with Gasteiger partial charge in [-0.05, 0) is 79.9 Å². The molecule has 4 aliphatic carbocycles. The topological polar surface area (TPSA) is 135 Å². The van der Waals surface area contributed by atoms with Crippen molar-refractivity contribution in [2.45, 2.75) is 81.8 Å². The number of rotatable bonds is 7. The highest BCUT2D eigenvalue weighted by molar-refractivity contribution is 7.91. The van der Waals surface area contributed by atoms with Crippen LogP contribution in [0.5, 0.6) is 0 Å². The van der Waals surface area contributed by atoms with Crippen LogP contribution in [-0.4, -0.2) is 60.2 Å². The maximum Gasteiger partial charge on any atom is 0.307 e. The molecular formula is C30H38O8S. The molecule has 0 saturated heterocycles. The van der Waals surface area contributed by atoms with Crippen LogP contribution in [0, 0.1) is 28.6 Å². The summed E-state index contributed by atoms with van der Waals surface area (Å²) < 4.78 is 31.4. The van der Waals surface area contributed by atoms with E-state index in [-0.39, 0.29) is 46.7 Å². The van der Waals surface area contributed by atoms with Crippen molar-refractivity contribution in [3.63, 3.8) is 0 Å². The number of aliphatic hydroxyl groups is 2. The molecule has 0 heterocycles. The third kappa shape index (κ3) is 4.41. The van der Waals surface area contributed by atoms with Crippen LogP contribution < -0.4 is 0 Å².